The summed E-state index contributed by atoms with van der Waals surface area (Å²) in [6, 6.07) is 5.97. The number of benzene rings is 2. The van der Waals surface area contributed by atoms with Gasteiger partial charge in [-0.2, -0.15) is 13.2 Å². The number of hydrogen-bond donors (Lipinski definition) is 1. The van der Waals surface area contributed by atoms with Crippen LogP contribution in [0.5, 0.6) is 11.5 Å². The summed E-state index contributed by atoms with van der Waals surface area (Å²) in [7, 11) is 0. The molecule has 1 heterocycles. The molecule has 1 amide bonds. The Balaban J connectivity index is 1.87. The van der Waals surface area contributed by atoms with Gasteiger partial charge in [0.15, 0.2) is 11.5 Å². The minimum Gasteiger partial charge on any atom is -0.486 e. The van der Waals surface area contributed by atoms with Crippen molar-refractivity contribution in [2.24, 2.45) is 0 Å². The van der Waals surface area contributed by atoms with Gasteiger partial charge in [-0.3, -0.25) is 14.9 Å². The third-order valence-electron chi connectivity index (χ3n) is 4.16. The summed E-state index contributed by atoms with van der Waals surface area (Å²) < 4.78 is 49.2. The van der Waals surface area contributed by atoms with Crippen LogP contribution in [0.15, 0.2) is 36.4 Å². The number of hydrogen-bond acceptors (Lipinski definition) is 5. The maximum absolute atomic E-state index is 12.9. The predicted molar refractivity (Wildman–Crippen MR) is 91.4 cm³/mol. The number of alkyl halides is 3. The quantitative estimate of drug-likeness (QED) is 0.626. The van der Waals surface area contributed by atoms with E-state index in [1.807, 2.05) is 0 Å². The molecule has 0 aromatic heterocycles. The van der Waals surface area contributed by atoms with Crippen LogP contribution in [0.1, 0.15) is 34.5 Å². The molecule has 1 N–H and O–H groups in total. The van der Waals surface area contributed by atoms with E-state index >= 15 is 0 Å². The fraction of sp³-hybridized carbons (Fsp3) is 0.278. The standard InChI is InChI=1S/C18H15F3N2O5/c1-10(11-3-2-4-12(7-11)18(19,20)21)22-17(24)13-8-15-16(28-6-5-27-15)9-14(13)23(25)26/h2-4,7-10H,5-6H2,1H3,(H,22,24). The number of ether oxygens (including phenoxy) is 2. The normalized spacial score (nSPS) is 14.3. The Morgan fingerprint density at radius 1 is 1.18 bits per heavy atom. The van der Waals surface area contributed by atoms with E-state index in [-0.39, 0.29) is 35.8 Å². The average Bonchev–Trinajstić information content (AvgIpc) is 2.66. The molecule has 28 heavy (non-hydrogen) atoms. The van der Waals surface area contributed by atoms with Crippen molar-refractivity contribution in [2.45, 2.75) is 19.1 Å². The molecule has 0 saturated heterocycles. The topological polar surface area (TPSA) is 90.7 Å². The minimum absolute atomic E-state index is 0.153. The third kappa shape index (κ3) is 4.00. The molecule has 1 atom stereocenters. The van der Waals surface area contributed by atoms with Gasteiger partial charge in [-0.15, -0.1) is 0 Å². The fourth-order valence-corrected chi connectivity index (χ4v) is 2.75. The van der Waals surface area contributed by atoms with Gasteiger partial charge in [-0.05, 0) is 24.6 Å². The van der Waals surface area contributed by atoms with E-state index in [1.54, 1.807) is 0 Å². The molecular formula is C18H15F3N2O5. The number of carbonyl (C=O) groups excluding carboxylic acids is 1. The molecule has 0 fully saturated rings. The number of nitrogens with zero attached hydrogens (tertiary/aromatic N) is 1. The zero-order valence-corrected chi connectivity index (χ0v) is 14.6. The molecule has 2 aromatic rings. The van der Waals surface area contributed by atoms with Gasteiger partial charge in [0.1, 0.15) is 18.8 Å². The molecule has 1 unspecified atom stereocenters. The number of nitro groups is 1. The zero-order valence-electron chi connectivity index (χ0n) is 14.6. The van der Waals surface area contributed by atoms with E-state index in [2.05, 4.69) is 5.32 Å². The summed E-state index contributed by atoms with van der Waals surface area (Å²) >= 11 is 0. The van der Waals surface area contributed by atoms with Crippen molar-refractivity contribution >= 4 is 11.6 Å². The van der Waals surface area contributed by atoms with Crippen LogP contribution in [0.4, 0.5) is 18.9 Å². The monoisotopic (exact) mass is 396 g/mol. The van der Waals surface area contributed by atoms with Crippen molar-refractivity contribution < 1.29 is 32.4 Å². The Hall–Kier alpha value is -3.30. The number of halogens is 3. The number of rotatable bonds is 4. The van der Waals surface area contributed by atoms with Crippen LogP contribution in [-0.4, -0.2) is 24.0 Å². The summed E-state index contributed by atoms with van der Waals surface area (Å²) in [6.45, 7) is 1.94. The molecule has 1 aliphatic rings. The Bertz CT molecular complexity index is 930. The van der Waals surface area contributed by atoms with Crippen LogP contribution in [0.2, 0.25) is 0 Å². The molecular weight excluding hydrogens is 381 g/mol. The van der Waals surface area contributed by atoms with Gasteiger partial charge >= 0.3 is 6.18 Å². The highest BCUT2D eigenvalue weighted by atomic mass is 19.4. The van der Waals surface area contributed by atoms with Crippen molar-refractivity contribution in [2.75, 3.05) is 13.2 Å². The number of nitrogens with one attached hydrogen (secondary N) is 1. The van der Waals surface area contributed by atoms with Gasteiger partial charge in [0.05, 0.1) is 22.6 Å². The molecule has 7 nitrogen and oxygen atoms in total. The van der Waals surface area contributed by atoms with Crippen molar-refractivity contribution in [3.8, 4) is 11.5 Å². The largest absolute Gasteiger partial charge is 0.486 e. The van der Waals surface area contributed by atoms with Crippen molar-refractivity contribution in [3.63, 3.8) is 0 Å². The Kier molecular flexibility index (Phi) is 5.12. The summed E-state index contributed by atoms with van der Waals surface area (Å²) in [6.07, 6.45) is -4.52. The zero-order chi connectivity index (χ0) is 20.5. The number of fused-ring (bicyclic) bond motifs is 1. The van der Waals surface area contributed by atoms with E-state index in [0.717, 1.165) is 18.2 Å². The summed E-state index contributed by atoms with van der Waals surface area (Å²) in [4.78, 5) is 23.2. The molecule has 10 heteroatoms. The lowest BCUT2D eigenvalue weighted by atomic mass is 10.0. The van der Waals surface area contributed by atoms with Gasteiger partial charge in [-0.25, -0.2) is 0 Å². The summed E-state index contributed by atoms with van der Waals surface area (Å²) in [5.74, 6) is -0.470. The highest BCUT2D eigenvalue weighted by Crippen LogP contribution is 2.37. The first-order chi connectivity index (χ1) is 13.2. The maximum Gasteiger partial charge on any atom is 0.416 e. The van der Waals surface area contributed by atoms with E-state index in [9.17, 15) is 28.1 Å². The number of amides is 1. The lowest BCUT2D eigenvalue weighted by Gasteiger charge is -2.20. The average molecular weight is 396 g/mol. The highest BCUT2D eigenvalue weighted by molar-refractivity contribution is 5.99. The Morgan fingerprint density at radius 2 is 1.82 bits per heavy atom. The SMILES string of the molecule is CC(NC(=O)c1cc2c(cc1[N+](=O)[O-])OCCO2)c1cccc(C(F)(F)F)c1. The molecule has 0 radical (unpaired) electrons. The minimum atomic E-state index is -4.52. The third-order valence-corrected chi connectivity index (χ3v) is 4.16. The summed E-state index contributed by atoms with van der Waals surface area (Å²) in [5, 5.41) is 13.8. The lowest BCUT2D eigenvalue weighted by Crippen LogP contribution is -2.28. The van der Waals surface area contributed by atoms with E-state index in [4.69, 9.17) is 9.47 Å². The van der Waals surface area contributed by atoms with Gasteiger partial charge in [-0.1, -0.05) is 12.1 Å². The van der Waals surface area contributed by atoms with E-state index < -0.39 is 34.3 Å². The molecule has 1 aliphatic heterocycles. The van der Waals surface area contributed by atoms with Gasteiger partial charge < -0.3 is 14.8 Å². The van der Waals surface area contributed by atoms with Gasteiger partial charge in [0.25, 0.3) is 11.6 Å². The van der Waals surface area contributed by atoms with Crippen LogP contribution in [-0.2, 0) is 6.18 Å². The van der Waals surface area contributed by atoms with Gasteiger partial charge in [0.2, 0.25) is 0 Å². The first kappa shape index (κ1) is 19.5. The Morgan fingerprint density at radius 3 is 2.43 bits per heavy atom. The first-order valence-electron chi connectivity index (χ1n) is 8.23. The Labute approximate surface area is 157 Å². The molecule has 3 rings (SSSR count). The van der Waals surface area contributed by atoms with Crippen LogP contribution in [0, 0.1) is 10.1 Å². The lowest BCUT2D eigenvalue weighted by molar-refractivity contribution is -0.385. The number of nitro benzene ring substituents is 1. The molecule has 148 valence electrons. The molecule has 0 spiro atoms. The highest BCUT2D eigenvalue weighted by Gasteiger charge is 2.31. The molecule has 0 aliphatic carbocycles. The second kappa shape index (κ2) is 7.37. The number of carbonyl (C=O) groups is 1. The molecule has 2 aromatic carbocycles. The van der Waals surface area contributed by atoms with Crippen molar-refractivity contribution in [1.29, 1.82) is 0 Å². The maximum atomic E-state index is 12.9. The second-order valence-electron chi connectivity index (χ2n) is 6.09. The summed E-state index contributed by atoms with van der Waals surface area (Å²) in [5.41, 5.74) is -1.40. The van der Waals surface area contributed by atoms with Crippen LogP contribution >= 0.6 is 0 Å². The first-order valence-corrected chi connectivity index (χ1v) is 8.23. The van der Waals surface area contributed by atoms with Crippen LogP contribution in [0.25, 0.3) is 0 Å². The van der Waals surface area contributed by atoms with Gasteiger partial charge in [0, 0.05) is 6.07 Å². The van der Waals surface area contributed by atoms with E-state index in [1.165, 1.54) is 25.1 Å². The molecule has 0 saturated carbocycles. The van der Waals surface area contributed by atoms with Crippen LogP contribution < -0.4 is 14.8 Å². The predicted octanol–water partition coefficient (Wildman–Crippen LogP) is 3.88. The van der Waals surface area contributed by atoms with Crippen molar-refractivity contribution in [3.05, 3.63) is 63.2 Å². The fourth-order valence-electron chi connectivity index (χ4n) is 2.75. The van der Waals surface area contributed by atoms with E-state index in [0.29, 0.717) is 0 Å². The second-order valence-corrected chi connectivity index (χ2v) is 6.09. The molecule has 0 bridgehead atoms. The van der Waals surface area contributed by atoms with Crippen LogP contribution in [0.3, 0.4) is 0 Å². The van der Waals surface area contributed by atoms with Crippen molar-refractivity contribution in [1.82, 2.24) is 5.32 Å². The smallest absolute Gasteiger partial charge is 0.416 e.